The van der Waals surface area contributed by atoms with Crippen LogP contribution >= 0.6 is 0 Å². The topological polar surface area (TPSA) is 20.1 Å². The van der Waals surface area contributed by atoms with Crippen molar-refractivity contribution in [2.75, 3.05) is 13.1 Å². The van der Waals surface area contributed by atoms with E-state index in [0.29, 0.717) is 11.5 Å². The normalized spacial score (nSPS) is 8.29. The van der Waals surface area contributed by atoms with Gasteiger partial charge in [0, 0.05) is 0 Å². The van der Waals surface area contributed by atoms with Gasteiger partial charge in [-0.3, -0.25) is 0 Å². The largest absolute Gasteiger partial charge is 0.379 e. The van der Waals surface area contributed by atoms with Crippen molar-refractivity contribution in [3.05, 3.63) is 0 Å². The standard InChI is InChI=1S/C4H10NOS/c1-3-5(4-2)7-6/h3-4H2,1-2H3/q+1. The first kappa shape index (κ1) is 6.82. The molecule has 0 heterocycles. The van der Waals surface area contributed by atoms with Crippen molar-refractivity contribution in [3.8, 4) is 0 Å². The molecule has 0 unspecified atom stereocenters. The van der Waals surface area contributed by atoms with Crippen LogP contribution in [0.5, 0.6) is 0 Å². The van der Waals surface area contributed by atoms with Gasteiger partial charge in [0.15, 0.2) is 13.1 Å². The molecule has 2 nitrogen and oxygen atoms in total. The lowest BCUT2D eigenvalue weighted by Gasteiger charge is -1.81. The highest BCUT2D eigenvalue weighted by molar-refractivity contribution is 7.51. The molecule has 0 aliphatic heterocycles. The lowest BCUT2D eigenvalue weighted by molar-refractivity contribution is -0.493. The molecule has 0 aliphatic carbocycles. The van der Waals surface area contributed by atoms with Gasteiger partial charge in [-0.15, -0.1) is 8.15 Å². The molecule has 0 saturated carbocycles. The van der Waals surface area contributed by atoms with Crippen LogP contribution in [0.25, 0.3) is 0 Å². The Balaban J connectivity index is 3.61. The molecule has 0 spiro atoms. The zero-order valence-electron chi connectivity index (χ0n) is 4.68. The van der Waals surface area contributed by atoms with Crippen molar-refractivity contribution < 1.29 is 8.15 Å². The second-order valence-corrected chi connectivity index (χ2v) is 1.85. The van der Waals surface area contributed by atoms with Gasteiger partial charge in [0.25, 0.3) is 0 Å². The molecule has 0 radical (unpaired) electrons. The average molecular weight is 120 g/mol. The predicted octanol–water partition coefficient (Wildman–Crippen LogP) is 0.435. The van der Waals surface area contributed by atoms with Crippen molar-refractivity contribution >= 4 is 11.5 Å². The lowest BCUT2D eigenvalue weighted by atomic mass is 10.7. The molecule has 0 aromatic rings. The molecule has 0 fully saturated rings. The minimum absolute atomic E-state index is 0.553. The third-order valence-electron chi connectivity index (χ3n) is 0.811. The first-order chi connectivity index (χ1) is 3.35. The third-order valence-corrected chi connectivity index (χ3v) is 1.54. The predicted molar refractivity (Wildman–Crippen MR) is 29.5 cm³/mol. The molecule has 0 saturated heterocycles. The monoisotopic (exact) mass is 120 g/mol. The summed E-state index contributed by atoms with van der Waals surface area (Å²) in [5, 5.41) is 0. The van der Waals surface area contributed by atoms with E-state index in [-0.39, 0.29) is 0 Å². The van der Waals surface area contributed by atoms with Crippen LogP contribution in [0.4, 0.5) is 0 Å². The Morgan fingerprint density at radius 3 is 1.86 bits per heavy atom. The van der Waals surface area contributed by atoms with Crippen molar-refractivity contribution in [2.45, 2.75) is 13.8 Å². The van der Waals surface area contributed by atoms with Gasteiger partial charge in [0.2, 0.25) is 0 Å². The summed E-state index contributed by atoms with van der Waals surface area (Å²) in [5.41, 5.74) is 0. The summed E-state index contributed by atoms with van der Waals surface area (Å²) in [6, 6.07) is 0. The Hall–Kier alpha value is -0.180. The van der Waals surface area contributed by atoms with Gasteiger partial charge in [0.05, 0.1) is 0 Å². The van der Waals surface area contributed by atoms with Crippen molar-refractivity contribution in [2.24, 2.45) is 0 Å². The summed E-state index contributed by atoms with van der Waals surface area (Å²) in [5.74, 6) is 0. The minimum atomic E-state index is 0.553. The number of hydrogen-bond acceptors (Lipinski definition) is 1. The molecule has 0 aromatic carbocycles. The van der Waals surface area contributed by atoms with Crippen LogP contribution in [0.1, 0.15) is 13.8 Å². The fourth-order valence-corrected chi connectivity index (χ4v) is 0.540. The Labute approximate surface area is 47.4 Å². The molecule has 3 heteroatoms. The molecule has 0 atom stereocenters. The molecule has 0 rings (SSSR count). The Morgan fingerprint density at radius 2 is 1.86 bits per heavy atom. The van der Waals surface area contributed by atoms with E-state index in [0.717, 1.165) is 13.1 Å². The summed E-state index contributed by atoms with van der Waals surface area (Å²) in [7, 11) is 0. The summed E-state index contributed by atoms with van der Waals surface area (Å²) in [6.07, 6.45) is 0. The second-order valence-electron chi connectivity index (χ2n) is 1.19. The van der Waals surface area contributed by atoms with Gasteiger partial charge in [-0.2, -0.15) is 0 Å². The minimum Gasteiger partial charge on any atom is -0.142 e. The van der Waals surface area contributed by atoms with Crippen LogP contribution in [-0.4, -0.2) is 21.2 Å². The van der Waals surface area contributed by atoms with Crippen LogP contribution in [0.2, 0.25) is 0 Å². The Bertz CT molecular complexity index is 89.9. The number of rotatable bonds is 2. The Kier molecular flexibility index (Phi) is 3.89. The van der Waals surface area contributed by atoms with E-state index in [2.05, 4.69) is 0 Å². The van der Waals surface area contributed by atoms with Crippen molar-refractivity contribution in [1.82, 2.24) is 0 Å². The molecule has 0 aliphatic rings. The van der Waals surface area contributed by atoms with Gasteiger partial charge in [-0.05, 0) is 13.8 Å². The summed E-state index contributed by atoms with van der Waals surface area (Å²) < 4.78 is 11.7. The fourth-order valence-electron chi connectivity index (χ4n) is 0.329. The smallest absolute Gasteiger partial charge is 0.142 e. The maximum atomic E-state index is 9.93. The van der Waals surface area contributed by atoms with E-state index in [1.807, 2.05) is 13.8 Å². The molecule has 42 valence electrons. The van der Waals surface area contributed by atoms with Gasteiger partial charge in [-0.25, -0.2) is 0 Å². The van der Waals surface area contributed by atoms with E-state index in [4.69, 9.17) is 0 Å². The van der Waals surface area contributed by atoms with Crippen molar-refractivity contribution in [3.63, 3.8) is 0 Å². The van der Waals surface area contributed by atoms with E-state index in [9.17, 15) is 4.21 Å². The van der Waals surface area contributed by atoms with Gasteiger partial charge in [0.1, 0.15) is 0 Å². The maximum absolute atomic E-state index is 9.93. The zero-order valence-corrected chi connectivity index (χ0v) is 5.49. The van der Waals surface area contributed by atoms with Crippen molar-refractivity contribution in [1.29, 1.82) is 0 Å². The van der Waals surface area contributed by atoms with Gasteiger partial charge in [-0.1, -0.05) is 0 Å². The van der Waals surface area contributed by atoms with Crippen LogP contribution in [-0.2, 0) is 11.5 Å². The first-order valence-electron chi connectivity index (χ1n) is 2.40. The maximum Gasteiger partial charge on any atom is 0.379 e. The van der Waals surface area contributed by atoms with E-state index in [1.54, 1.807) is 3.95 Å². The summed E-state index contributed by atoms with van der Waals surface area (Å²) in [6.45, 7) is 5.61. The highest BCUT2D eigenvalue weighted by atomic mass is 32.1. The summed E-state index contributed by atoms with van der Waals surface area (Å²) in [4.78, 5) is 0. The number of hydrogen-bond donors (Lipinski definition) is 0. The lowest BCUT2D eigenvalue weighted by Crippen LogP contribution is -2.05. The molecule has 0 aromatic heterocycles. The molecule has 0 bridgehead atoms. The second kappa shape index (κ2) is 3.99. The molecule has 7 heavy (non-hydrogen) atoms. The average Bonchev–Trinajstić information content (AvgIpc) is 1.72. The van der Waals surface area contributed by atoms with Crippen LogP contribution in [0, 0.1) is 0 Å². The highest BCUT2D eigenvalue weighted by Crippen LogP contribution is 1.67. The van der Waals surface area contributed by atoms with Gasteiger partial charge < -0.3 is 0 Å². The van der Waals surface area contributed by atoms with E-state index in [1.165, 1.54) is 0 Å². The zero-order chi connectivity index (χ0) is 5.70. The van der Waals surface area contributed by atoms with Gasteiger partial charge >= 0.3 is 11.5 Å². The first-order valence-corrected chi connectivity index (χ1v) is 3.09. The molecule has 0 N–H and O–H groups in total. The van der Waals surface area contributed by atoms with E-state index < -0.39 is 0 Å². The van der Waals surface area contributed by atoms with Crippen LogP contribution in [0.15, 0.2) is 0 Å². The SMILES string of the molecule is CC[N+](CC)=S=O. The molecular formula is C4H10NOS+. The number of nitrogens with zero attached hydrogens (tertiary/aromatic N) is 1. The van der Waals surface area contributed by atoms with Crippen LogP contribution in [0.3, 0.4) is 0 Å². The third kappa shape index (κ3) is 2.51. The summed E-state index contributed by atoms with van der Waals surface area (Å²) >= 11 is 0.553. The van der Waals surface area contributed by atoms with Crippen LogP contribution < -0.4 is 0 Å². The van der Waals surface area contributed by atoms with E-state index >= 15 is 0 Å². The Morgan fingerprint density at radius 1 is 1.43 bits per heavy atom. The fraction of sp³-hybridized carbons (Fsp3) is 1.00. The molecular weight excluding hydrogens is 110 g/mol. The highest BCUT2D eigenvalue weighted by Gasteiger charge is 1.90. The quantitative estimate of drug-likeness (QED) is 0.484. The molecule has 0 amide bonds.